The van der Waals surface area contributed by atoms with Crippen LogP contribution in [0.5, 0.6) is 0 Å². The van der Waals surface area contributed by atoms with Gasteiger partial charge in [-0.25, -0.2) is 4.79 Å². The van der Waals surface area contributed by atoms with Gasteiger partial charge in [-0.05, 0) is 44.9 Å². The number of carbonyl (C=O) groups excluding carboxylic acids is 1. The molecule has 0 bridgehead atoms. The van der Waals surface area contributed by atoms with Gasteiger partial charge in [0.15, 0.2) is 0 Å². The average Bonchev–Trinajstić information content (AvgIpc) is 2.13. The minimum absolute atomic E-state index is 0.0869. The highest BCUT2D eigenvalue weighted by Gasteiger charge is 2.50. The topological polar surface area (TPSA) is 57.6 Å². The van der Waals surface area contributed by atoms with Crippen molar-refractivity contribution in [2.75, 3.05) is 0 Å². The normalized spacial score (nSPS) is 32.3. The monoisotopic (exact) mass is 255 g/mol. The van der Waals surface area contributed by atoms with Crippen molar-refractivity contribution in [3.05, 3.63) is 0 Å². The highest BCUT2D eigenvalue weighted by atomic mass is 16.4. The molecule has 0 heterocycles. The van der Waals surface area contributed by atoms with E-state index in [4.69, 9.17) is 0 Å². The molecule has 104 valence electrons. The van der Waals surface area contributed by atoms with E-state index >= 15 is 0 Å². The van der Waals surface area contributed by atoms with Crippen molar-refractivity contribution < 1.29 is 14.7 Å². The smallest absolute Gasteiger partial charge is 0.329 e. The third-order valence-corrected chi connectivity index (χ3v) is 3.89. The summed E-state index contributed by atoms with van der Waals surface area (Å²) >= 11 is 0. The van der Waals surface area contributed by atoms with Crippen LogP contribution in [0.4, 0.5) is 0 Å². The van der Waals surface area contributed by atoms with Gasteiger partial charge in [0, 0.05) is 13.0 Å². The van der Waals surface area contributed by atoms with Gasteiger partial charge in [0.1, 0.15) is 5.54 Å². The Balaban J connectivity index is 3.20. The van der Waals surface area contributed by atoms with Gasteiger partial charge < -0.3 is 10.0 Å². The van der Waals surface area contributed by atoms with Crippen LogP contribution in [0.3, 0.4) is 0 Å². The van der Waals surface area contributed by atoms with E-state index in [1.807, 2.05) is 13.8 Å². The summed E-state index contributed by atoms with van der Waals surface area (Å²) in [6.45, 7) is 9.39. The third-order valence-electron chi connectivity index (χ3n) is 3.89. The van der Waals surface area contributed by atoms with Crippen molar-refractivity contribution in [3.63, 3.8) is 0 Å². The average molecular weight is 255 g/mol. The fourth-order valence-electron chi connectivity index (χ4n) is 3.72. The minimum Gasteiger partial charge on any atom is -0.479 e. The molecule has 0 spiro atoms. The van der Waals surface area contributed by atoms with Gasteiger partial charge in [0.2, 0.25) is 5.91 Å². The molecule has 4 heteroatoms. The largest absolute Gasteiger partial charge is 0.479 e. The van der Waals surface area contributed by atoms with Crippen molar-refractivity contribution in [2.24, 2.45) is 11.8 Å². The van der Waals surface area contributed by atoms with Crippen molar-refractivity contribution in [1.29, 1.82) is 0 Å². The molecule has 0 saturated heterocycles. The fourth-order valence-corrected chi connectivity index (χ4v) is 3.72. The Labute approximate surface area is 109 Å². The summed E-state index contributed by atoms with van der Waals surface area (Å²) in [5.74, 6) is -0.325. The number of carboxylic acid groups (broad SMARTS) is 1. The zero-order chi connectivity index (χ0) is 14.1. The summed E-state index contributed by atoms with van der Waals surface area (Å²) in [5, 5.41) is 9.70. The molecular weight excluding hydrogens is 230 g/mol. The first-order valence-corrected chi connectivity index (χ1v) is 6.74. The maximum absolute atomic E-state index is 11.9. The molecule has 1 aliphatic rings. The number of hydrogen-bond donors (Lipinski definition) is 1. The van der Waals surface area contributed by atoms with Crippen molar-refractivity contribution >= 4 is 11.9 Å². The van der Waals surface area contributed by atoms with E-state index in [9.17, 15) is 14.7 Å². The molecule has 4 nitrogen and oxygen atoms in total. The molecule has 2 unspecified atom stereocenters. The molecule has 1 amide bonds. The lowest BCUT2D eigenvalue weighted by Crippen LogP contribution is -2.62. The molecule has 1 aliphatic carbocycles. The van der Waals surface area contributed by atoms with Crippen LogP contribution < -0.4 is 0 Å². The molecule has 1 N–H and O–H groups in total. The van der Waals surface area contributed by atoms with E-state index < -0.39 is 11.5 Å². The van der Waals surface area contributed by atoms with Gasteiger partial charge in [0.05, 0.1) is 0 Å². The summed E-state index contributed by atoms with van der Waals surface area (Å²) in [6, 6.07) is -0.0869. The number of aliphatic carboxylic acids is 1. The molecule has 0 aromatic rings. The Morgan fingerprint density at radius 1 is 1.22 bits per heavy atom. The molecule has 1 rings (SSSR count). The first-order chi connectivity index (χ1) is 8.20. The van der Waals surface area contributed by atoms with Crippen LogP contribution in [0.25, 0.3) is 0 Å². The standard InChI is InChI=1S/C14H25NO3/c1-9(2)15(12(5)16)14(13(17)18)7-10(3)6-11(4)8-14/h9-11H,6-8H2,1-5H3,(H,17,18). The van der Waals surface area contributed by atoms with Crippen molar-refractivity contribution in [2.45, 2.75) is 65.5 Å². The molecule has 18 heavy (non-hydrogen) atoms. The predicted octanol–water partition coefficient (Wildman–Crippen LogP) is 2.52. The quantitative estimate of drug-likeness (QED) is 0.843. The lowest BCUT2D eigenvalue weighted by Gasteiger charge is -2.48. The van der Waals surface area contributed by atoms with Crippen LogP contribution in [0.1, 0.15) is 53.9 Å². The van der Waals surface area contributed by atoms with E-state index in [0.29, 0.717) is 24.7 Å². The van der Waals surface area contributed by atoms with Crippen LogP contribution in [-0.2, 0) is 9.59 Å². The summed E-state index contributed by atoms with van der Waals surface area (Å²) in [6.07, 6.45) is 2.16. The van der Waals surface area contributed by atoms with Crippen LogP contribution in [0, 0.1) is 11.8 Å². The van der Waals surface area contributed by atoms with Gasteiger partial charge in [-0.15, -0.1) is 0 Å². The maximum Gasteiger partial charge on any atom is 0.329 e. The summed E-state index contributed by atoms with van der Waals surface area (Å²) < 4.78 is 0. The summed E-state index contributed by atoms with van der Waals surface area (Å²) in [4.78, 5) is 25.3. The number of rotatable bonds is 3. The Morgan fingerprint density at radius 3 is 1.94 bits per heavy atom. The number of amides is 1. The van der Waals surface area contributed by atoms with Crippen molar-refractivity contribution in [1.82, 2.24) is 4.90 Å². The molecular formula is C14H25NO3. The third kappa shape index (κ3) is 2.68. The zero-order valence-corrected chi connectivity index (χ0v) is 12.1. The Hall–Kier alpha value is -1.06. The first-order valence-electron chi connectivity index (χ1n) is 6.74. The fraction of sp³-hybridized carbons (Fsp3) is 0.857. The van der Waals surface area contributed by atoms with Gasteiger partial charge in [0.25, 0.3) is 0 Å². The van der Waals surface area contributed by atoms with Crippen LogP contribution in [0.2, 0.25) is 0 Å². The number of hydrogen-bond acceptors (Lipinski definition) is 2. The lowest BCUT2D eigenvalue weighted by molar-refractivity contribution is -0.166. The first kappa shape index (κ1) is 15.0. The van der Waals surface area contributed by atoms with Gasteiger partial charge in [-0.2, -0.15) is 0 Å². The van der Waals surface area contributed by atoms with Gasteiger partial charge in [-0.3, -0.25) is 4.79 Å². The number of carbonyl (C=O) groups is 2. The molecule has 2 atom stereocenters. The second-order valence-corrected chi connectivity index (χ2v) is 6.17. The number of carboxylic acids is 1. The highest BCUT2D eigenvalue weighted by Crippen LogP contribution is 2.41. The second-order valence-electron chi connectivity index (χ2n) is 6.17. The van der Waals surface area contributed by atoms with Crippen molar-refractivity contribution in [3.8, 4) is 0 Å². The van der Waals surface area contributed by atoms with E-state index in [2.05, 4.69) is 13.8 Å². The Morgan fingerprint density at radius 2 is 1.67 bits per heavy atom. The van der Waals surface area contributed by atoms with Gasteiger partial charge in [-0.1, -0.05) is 13.8 Å². The molecule has 0 aromatic heterocycles. The number of nitrogens with zero attached hydrogens (tertiary/aromatic N) is 1. The molecule has 0 aliphatic heterocycles. The van der Waals surface area contributed by atoms with E-state index in [1.165, 1.54) is 6.92 Å². The van der Waals surface area contributed by atoms with E-state index in [-0.39, 0.29) is 11.9 Å². The SMILES string of the molecule is CC(=O)N(C(C)C)C1(C(=O)O)CC(C)CC(C)C1. The highest BCUT2D eigenvalue weighted by molar-refractivity contribution is 5.86. The van der Waals surface area contributed by atoms with Crippen LogP contribution in [0.15, 0.2) is 0 Å². The molecule has 1 saturated carbocycles. The summed E-state index contributed by atoms with van der Waals surface area (Å²) in [5.41, 5.74) is -1.02. The summed E-state index contributed by atoms with van der Waals surface area (Å²) in [7, 11) is 0. The Bertz CT molecular complexity index is 328. The molecule has 0 radical (unpaired) electrons. The minimum atomic E-state index is -1.02. The van der Waals surface area contributed by atoms with Crippen LogP contribution in [-0.4, -0.2) is 33.5 Å². The van der Waals surface area contributed by atoms with E-state index in [1.54, 1.807) is 4.90 Å². The lowest BCUT2D eigenvalue weighted by atomic mass is 9.70. The predicted molar refractivity (Wildman–Crippen MR) is 70.2 cm³/mol. The molecule has 0 aromatic carbocycles. The van der Waals surface area contributed by atoms with Gasteiger partial charge >= 0.3 is 5.97 Å². The maximum atomic E-state index is 11.9. The zero-order valence-electron chi connectivity index (χ0n) is 12.1. The second kappa shape index (κ2) is 5.29. The Kier molecular flexibility index (Phi) is 4.41. The molecule has 1 fully saturated rings. The van der Waals surface area contributed by atoms with E-state index in [0.717, 1.165) is 6.42 Å². The van der Waals surface area contributed by atoms with Crippen LogP contribution >= 0.6 is 0 Å².